The molecule has 5 nitrogen and oxygen atoms in total. The van der Waals surface area contributed by atoms with Crippen molar-refractivity contribution in [3.05, 3.63) is 71.8 Å². The van der Waals surface area contributed by atoms with E-state index in [4.69, 9.17) is 4.74 Å². The third-order valence-electron chi connectivity index (χ3n) is 5.05. The second-order valence-electron chi connectivity index (χ2n) is 7.25. The average molecular weight is 367 g/mol. The van der Waals surface area contributed by atoms with Gasteiger partial charge in [0.05, 0.1) is 18.1 Å². The zero-order chi connectivity index (χ0) is 19.4. The predicted molar refractivity (Wildman–Crippen MR) is 102 cm³/mol. The Bertz CT molecular complexity index is 775. The normalized spacial score (nSPS) is 19.0. The second kappa shape index (κ2) is 8.35. The SMILES string of the molecule is CC(C)[C@@H]1COC(=O)N1C(=O)[C@@H](Cc1ccccc1)[C@H](O)c1ccccc1. The fraction of sp³-hybridized carbons (Fsp3) is 0.364. The first-order chi connectivity index (χ1) is 13.0. The van der Waals surface area contributed by atoms with E-state index >= 15 is 0 Å². The van der Waals surface area contributed by atoms with Gasteiger partial charge in [-0.25, -0.2) is 9.69 Å². The molecule has 2 aromatic rings. The molecule has 3 atom stereocenters. The number of amides is 2. The van der Waals surface area contributed by atoms with Gasteiger partial charge in [-0.2, -0.15) is 0 Å². The van der Waals surface area contributed by atoms with E-state index in [9.17, 15) is 14.7 Å². The Balaban J connectivity index is 1.93. The first kappa shape index (κ1) is 19.1. The van der Waals surface area contributed by atoms with E-state index in [0.29, 0.717) is 12.0 Å². The number of nitrogens with zero attached hydrogens (tertiary/aromatic N) is 1. The lowest BCUT2D eigenvalue weighted by Gasteiger charge is -2.29. The first-order valence-electron chi connectivity index (χ1n) is 9.25. The topological polar surface area (TPSA) is 66.8 Å². The van der Waals surface area contributed by atoms with Crippen molar-refractivity contribution in [2.45, 2.75) is 32.4 Å². The molecule has 142 valence electrons. The first-order valence-corrected chi connectivity index (χ1v) is 9.25. The Kier molecular flexibility index (Phi) is 5.91. The fourth-order valence-corrected chi connectivity index (χ4v) is 3.44. The van der Waals surface area contributed by atoms with E-state index in [0.717, 1.165) is 5.56 Å². The molecule has 27 heavy (non-hydrogen) atoms. The quantitative estimate of drug-likeness (QED) is 0.847. The van der Waals surface area contributed by atoms with E-state index in [-0.39, 0.29) is 18.6 Å². The standard InChI is InChI=1S/C22H25NO4/c1-15(2)19-14-27-22(26)23(19)21(25)18(13-16-9-5-3-6-10-16)20(24)17-11-7-4-8-12-17/h3-12,15,18-20,24H,13-14H2,1-2H3/t18-,19-,20+/m0/s1. The van der Waals surface area contributed by atoms with Crippen LogP contribution in [0.15, 0.2) is 60.7 Å². The largest absolute Gasteiger partial charge is 0.447 e. The molecule has 0 bridgehead atoms. The van der Waals surface area contributed by atoms with Gasteiger partial charge in [-0.1, -0.05) is 74.5 Å². The maximum Gasteiger partial charge on any atom is 0.416 e. The van der Waals surface area contributed by atoms with Gasteiger partial charge < -0.3 is 9.84 Å². The molecular weight excluding hydrogens is 342 g/mol. The molecular formula is C22H25NO4. The number of imide groups is 1. The van der Waals surface area contributed by atoms with Crippen LogP contribution < -0.4 is 0 Å². The van der Waals surface area contributed by atoms with Gasteiger partial charge in [-0.3, -0.25) is 4.79 Å². The minimum atomic E-state index is -1.01. The molecule has 0 aromatic heterocycles. The number of hydrogen-bond donors (Lipinski definition) is 1. The van der Waals surface area contributed by atoms with Gasteiger partial charge in [0.15, 0.2) is 0 Å². The molecule has 0 unspecified atom stereocenters. The van der Waals surface area contributed by atoms with Crippen LogP contribution in [0.4, 0.5) is 4.79 Å². The van der Waals surface area contributed by atoms with Gasteiger partial charge >= 0.3 is 6.09 Å². The predicted octanol–water partition coefficient (Wildman–Crippen LogP) is 3.58. The third kappa shape index (κ3) is 4.19. The highest BCUT2D eigenvalue weighted by atomic mass is 16.6. The monoisotopic (exact) mass is 367 g/mol. The van der Waals surface area contributed by atoms with E-state index in [1.54, 1.807) is 12.1 Å². The molecule has 0 spiro atoms. The number of cyclic esters (lactones) is 1. The van der Waals surface area contributed by atoms with Gasteiger partial charge in [0.2, 0.25) is 5.91 Å². The van der Waals surface area contributed by atoms with Crippen LogP contribution in [0.3, 0.4) is 0 Å². The fourth-order valence-electron chi connectivity index (χ4n) is 3.44. The Labute approximate surface area is 159 Å². The van der Waals surface area contributed by atoms with Crippen LogP contribution >= 0.6 is 0 Å². The maximum absolute atomic E-state index is 13.4. The molecule has 2 aromatic carbocycles. The van der Waals surface area contributed by atoms with Crippen molar-refractivity contribution in [1.29, 1.82) is 0 Å². The average Bonchev–Trinajstić information content (AvgIpc) is 3.08. The molecule has 2 amide bonds. The van der Waals surface area contributed by atoms with Crippen molar-refractivity contribution in [3.8, 4) is 0 Å². The summed E-state index contributed by atoms with van der Waals surface area (Å²) in [5, 5.41) is 11.0. The number of aliphatic hydroxyl groups is 1. The summed E-state index contributed by atoms with van der Waals surface area (Å²) in [6.45, 7) is 4.10. The zero-order valence-corrected chi connectivity index (χ0v) is 15.6. The lowest BCUT2D eigenvalue weighted by atomic mass is 9.88. The molecule has 0 saturated carbocycles. The van der Waals surface area contributed by atoms with Crippen LogP contribution in [0.25, 0.3) is 0 Å². The van der Waals surface area contributed by atoms with Gasteiger partial charge in [-0.05, 0) is 23.5 Å². The molecule has 0 radical (unpaired) electrons. The Morgan fingerprint density at radius 2 is 1.70 bits per heavy atom. The van der Waals surface area contributed by atoms with Gasteiger partial charge in [0, 0.05) is 0 Å². The van der Waals surface area contributed by atoms with E-state index < -0.39 is 24.0 Å². The van der Waals surface area contributed by atoms with Crippen LogP contribution in [0.5, 0.6) is 0 Å². The van der Waals surface area contributed by atoms with Crippen LogP contribution in [0.1, 0.15) is 31.1 Å². The molecule has 1 heterocycles. The Hall–Kier alpha value is -2.66. The molecule has 1 aliphatic heterocycles. The molecule has 0 aliphatic carbocycles. The lowest BCUT2D eigenvalue weighted by Crippen LogP contribution is -2.46. The second-order valence-corrected chi connectivity index (χ2v) is 7.25. The minimum Gasteiger partial charge on any atom is -0.447 e. The third-order valence-corrected chi connectivity index (χ3v) is 5.05. The van der Waals surface area contributed by atoms with Gasteiger partial charge in [0.1, 0.15) is 6.61 Å². The number of ether oxygens (including phenoxy) is 1. The molecule has 1 saturated heterocycles. The maximum atomic E-state index is 13.4. The summed E-state index contributed by atoms with van der Waals surface area (Å²) in [7, 11) is 0. The summed E-state index contributed by atoms with van der Waals surface area (Å²) in [5.41, 5.74) is 1.58. The summed E-state index contributed by atoms with van der Waals surface area (Å²) < 4.78 is 5.13. The van der Waals surface area contributed by atoms with Crippen LogP contribution in [-0.4, -0.2) is 34.7 Å². The number of carbonyl (C=O) groups excluding carboxylic acids is 2. The highest BCUT2D eigenvalue weighted by Crippen LogP contribution is 2.30. The van der Waals surface area contributed by atoms with Gasteiger partial charge in [-0.15, -0.1) is 0 Å². The number of hydrogen-bond acceptors (Lipinski definition) is 4. The zero-order valence-electron chi connectivity index (χ0n) is 15.6. The molecule has 3 rings (SSSR count). The summed E-state index contributed by atoms with van der Waals surface area (Å²) >= 11 is 0. The van der Waals surface area contributed by atoms with E-state index in [2.05, 4.69) is 0 Å². The Morgan fingerprint density at radius 3 is 2.30 bits per heavy atom. The highest BCUT2D eigenvalue weighted by molar-refractivity contribution is 5.95. The summed E-state index contributed by atoms with van der Waals surface area (Å²) in [5.74, 6) is -1.09. The van der Waals surface area contributed by atoms with Crippen molar-refractivity contribution in [2.75, 3.05) is 6.61 Å². The summed E-state index contributed by atoms with van der Waals surface area (Å²) in [6, 6.07) is 18.3. The lowest BCUT2D eigenvalue weighted by molar-refractivity contribution is -0.138. The minimum absolute atomic E-state index is 0.0756. The molecule has 5 heteroatoms. The Morgan fingerprint density at radius 1 is 1.11 bits per heavy atom. The molecule has 1 aliphatic rings. The highest BCUT2D eigenvalue weighted by Gasteiger charge is 2.44. The van der Waals surface area contributed by atoms with Crippen LogP contribution in [0.2, 0.25) is 0 Å². The van der Waals surface area contributed by atoms with Crippen LogP contribution in [0, 0.1) is 11.8 Å². The smallest absolute Gasteiger partial charge is 0.416 e. The van der Waals surface area contributed by atoms with Crippen molar-refractivity contribution in [2.24, 2.45) is 11.8 Å². The van der Waals surface area contributed by atoms with E-state index in [1.165, 1.54) is 4.90 Å². The van der Waals surface area contributed by atoms with Crippen molar-refractivity contribution < 1.29 is 19.4 Å². The van der Waals surface area contributed by atoms with E-state index in [1.807, 2.05) is 62.4 Å². The van der Waals surface area contributed by atoms with Crippen molar-refractivity contribution >= 4 is 12.0 Å². The number of carbonyl (C=O) groups is 2. The van der Waals surface area contributed by atoms with Crippen molar-refractivity contribution in [3.63, 3.8) is 0 Å². The number of aliphatic hydroxyl groups excluding tert-OH is 1. The van der Waals surface area contributed by atoms with Gasteiger partial charge in [0.25, 0.3) is 0 Å². The van der Waals surface area contributed by atoms with Crippen molar-refractivity contribution in [1.82, 2.24) is 4.90 Å². The number of benzene rings is 2. The molecule has 1 fully saturated rings. The summed E-state index contributed by atoms with van der Waals surface area (Å²) in [4.78, 5) is 26.8. The number of rotatable bonds is 6. The summed E-state index contributed by atoms with van der Waals surface area (Å²) in [6.07, 6.45) is -1.30. The van der Waals surface area contributed by atoms with Crippen LogP contribution in [-0.2, 0) is 16.0 Å². The molecule has 1 N–H and O–H groups in total.